The summed E-state index contributed by atoms with van der Waals surface area (Å²) < 4.78 is 4.99. The van der Waals surface area contributed by atoms with Crippen molar-refractivity contribution in [1.29, 1.82) is 0 Å². The van der Waals surface area contributed by atoms with Gasteiger partial charge in [0.15, 0.2) is 0 Å². The second kappa shape index (κ2) is 7.55. The van der Waals surface area contributed by atoms with E-state index in [4.69, 9.17) is 4.74 Å². The predicted octanol–water partition coefficient (Wildman–Crippen LogP) is 4.74. The first-order chi connectivity index (χ1) is 10.2. The van der Waals surface area contributed by atoms with Gasteiger partial charge in [0, 0.05) is 12.3 Å². The number of methoxy groups -OCH3 is 1. The highest BCUT2D eigenvalue weighted by atomic mass is 16.5. The molecule has 0 bridgehead atoms. The predicted molar refractivity (Wildman–Crippen MR) is 90.1 cm³/mol. The van der Waals surface area contributed by atoms with Gasteiger partial charge in [-0.25, -0.2) is 0 Å². The molecule has 0 unspecified atom stereocenters. The number of hydrogen-bond donors (Lipinski definition) is 0. The van der Waals surface area contributed by atoms with Crippen molar-refractivity contribution >= 4 is 10.8 Å². The van der Waals surface area contributed by atoms with Crippen LogP contribution in [0, 0.1) is 17.8 Å². The minimum Gasteiger partial charge on any atom is -0.505 e. The number of rotatable bonds is 4. The third-order valence-corrected chi connectivity index (χ3v) is 3.36. The Hall–Kier alpha value is -2.20. The van der Waals surface area contributed by atoms with Gasteiger partial charge >= 0.3 is 0 Å². The molecule has 2 aromatic carbocycles. The first-order valence-electron chi connectivity index (χ1n) is 7.38. The van der Waals surface area contributed by atoms with Crippen molar-refractivity contribution in [2.45, 2.75) is 26.7 Å². The summed E-state index contributed by atoms with van der Waals surface area (Å²) in [7, 11) is 1.67. The molecule has 0 saturated carbocycles. The second-order valence-electron chi connectivity index (χ2n) is 5.39. The molecular weight excluding hydrogens is 256 g/mol. The highest BCUT2D eigenvalue weighted by Crippen LogP contribution is 2.23. The van der Waals surface area contributed by atoms with Crippen molar-refractivity contribution in [3.05, 3.63) is 59.9 Å². The van der Waals surface area contributed by atoms with Crippen LogP contribution in [0.15, 0.2) is 48.7 Å². The zero-order chi connectivity index (χ0) is 15.1. The second-order valence-corrected chi connectivity index (χ2v) is 5.39. The van der Waals surface area contributed by atoms with Gasteiger partial charge < -0.3 is 4.74 Å². The van der Waals surface area contributed by atoms with Crippen LogP contribution in [0.2, 0.25) is 0 Å². The van der Waals surface area contributed by atoms with E-state index in [0.29, 0.717) is 5.92 Å². The maximum absolute atomic E-state index is 4.99. The summed E-state index contributed by atoms with van der Waals surface area (Å²) in [6.07, 6.45) is 5.45. The lowest BCUT2D eigenvalue weighted by atomic mass is 9.95. The Morgan fingerprint density at radius 1 is 1.14 bits per heavy atom. The van der Waals surface area contributed by atoms with Crippen molar-refractivity contribution < 1.29 is 4.74 Å². The van der Waals surface area contributed by atoms with E-state index in [0.717, 1.165) is 12.8 Å². The number of fused-ring (bicyclic) bond motifs is 1. The summed E-state index contributed by atoms with van der Waals surface area (Å²) in [6.45, 7) is 4.25. The SMILES string of the molecule is CO/C=C/Cc1ccc2ccccc2c1CC#CC(C)C. The van der Waals surface area contributed by atoms with E-state index in [1.807, 2.05) is 6.08 Å². The molecule has 0 heterocycles. The summed E-state index contributed by atoms with van der Waals surface area (Å²) in [5, 5.41) is 2.58. The van der Waals surface area contributed by atoms with Crippen molar-refractivity contribution in [3.8, 4) is 11.8 Å². The number of allylic oxidation sites excluding steroid dienone is 1. The molecule has 108 valence electrons. The Balaban J connectivity index is 2.42. The van der Waals surface area contributed by atoms with Crippen LogP contribution in [0.4, 0.5) is 0 Å². The lowest BCUT2D eigenvalue weighted by molar-refractivity contribution is 0.337. The van der Waals surface area contributed by atoms with E-state index >= 15 is 0 Å². The van der Waals surface area contributed by atoms with E-state index in [1.54, 1.807) is 13.4 Å². The molecule has 21 heavy (non-hydrogen) atoms. The maximum atomic E-state index is 4.99. The number of benzene rings is 2. The topological polar surface area (TPSA) is 9.23 Å². The molecule has 0 amide bonds. The van der Waals surface area contributed by atoms with Gasteiger partial charge in [0.2, 0.25) is 0 Å². The van der Waals surface area contributed by atoms with E-state index in [-0.39, 0.29) is 0 Å². The third kappa shape index (κ3) is 4.13. The van der Waals surface area contributed by atoms with E-state index in [9.17, 15) is 0 Å². The molecule has 0 N–H and O–H groups in total. The largest absolute Gasteiger partial charge is 0.505 e. The lowest BCUT2D eigenvalue weighted by Gasteiger charge is -2.10. The summed E-state index contributed by atoms with van der Waals surface area (Å²) in [5.74, 6) is 6.99. The van der Waals surface area contributed by atoms with Crippen LogP contribution in [0.3, 0.4) is 0 Å². The average Bonchev–Trinajstić information content (AvgIpc) is 2.48. The van der Waals surface area contributed by atoms with Gasteiger partial charge in [0.25, 0.3) is 0 Å². The first-order valence-corrected chi connectivity index (χ1v) is 7.38. The Labute approximate surface area is 127 Å². The Bertz CT molecular complexity index is 684. The van der Waals surface area contributed by atoms with Gasteiger partial charge in [0.1, 0.15) is 0 Å². The fourth-order valence-corrected chi connectivity index (χ4v) is 2.40. The van der Waals surface area contributed by atoms with Gasteiger partial charge in [-0.3, -0.25) is 0 Å². The fraction of sp³-hybridized carbons (Fsp3) is 0.300. The van der Waals surface area contributed by atoms with Gasteiger partial charge in [-0.15, -0.1) is 5.92 Å². The van der Waals surface area contributed by atoms with E-state index in [2.05, 4.69) is 62.1 Å². The van der Waals surface area contributed by atoms with Crippen LogP contribution in [-0.4, -0.2) is 7.11 Å². The van der Waals surface area contributed by atoms with Gasteiger partial charge in [-0.05, 0) is 34.4 Å². The summed E-state index contributed by atoms with van der Waals surface area (Å²) in [4.78, 5) is 0. The zero-order valence-corrected chi connectivity index (χ0v) is 13.0. The normalized spacial score (nSPS) is 10.9. The Morgan fingerprint density at radius 2 is 1.95 bits per heavy atom. The minimum atomic E-state index is 0.414. The van der Waals surface area contributed by atoms with E-state index < -0.39 is 0 Å². The van der Waals surface area contributed by atoms with Crippen molar-refractivity contribution in [3.63, 3.8) is 0 Å². The molecule has 0 saturated heterocycles. The Kier molecular flexibility index (Phi) is 5.46. The first kappa shape index (κ1) is 15.2. The molecule has 2 rings (SSSR count). The number of ether oxygens (including phenoxy) is 1. The van der Waals surface area contributed by atoms with Crippen molar-refractivity contribution in [2.24, 2.45) is 5.92 Å². The molecule has 0 aliphatic rings. The summed E-state index contributed by atoms with van der Waals surface area (Å²) in [5.41, 5.74) is 2.65. The van der Waals surface area contributed by atoms with Crippen LogP contribution in [-0.2, 0) is 17.6 Å². The van der Waals surface area contributed by atoms with Crippen LogP contribution in [0.5, 0.6) is 0 Å². The summed E-state index contributed by atoms with van der Waals surface area (Å²) in [6, 6.07) is 12.9. The molecule has 2 aromatic rings. The monoisotopic (exact) mass is 278 g/mol. The average molecular weight is 278 g/mol. The number of hydrogen-bond acceptors (Lipinski definition) is 1. The van der Waals surface area contributed by atoms with Crippen molar-refractivity contribution in [1.82, 2.24) is 0 Å². The highest BCUT2D eigenvalue weighted by Gasteiger charge is 2.05. The molecule has 0 spiro atoms. The van der Waals surface area contributed by atoms with E-state index in [1.165, 1.54) is 21.9 Å². The molecule has 0 fully saturated rings. The zero-order valence-electron chi connectivity index (χ0n) is 13.0. The third-order valence-electron chi connectivity index (χ3n) is 3.36. The summed E-state index contributed by atoms with van der Waals surface area (Å²) >= 11 is 0. The fourth-order valence-electron chi connectivity index (χ4n) is 2.40. The van der Waals surface area contributed by atoms with Gasteiger partial charge in [-0.1, -0.05) is 56.2 Å². The smallest absolute Gasteiger partial charge is 0.0788 e. The molecule has 0 atom stereocenters. The molecule has 0 aliphatic carbocycles. The minimum absolute atomic E-state index is 0.414. The van der Waals surface area contributed by atoms with Gasteiger partial charge in [-0.2, -0.15) is 0 Å². The van der Waals surface area contributed by atoms with Crippen LogP contribution >= 0.6 is 0 Å². The molecule has 0 aromatic heterocycles. The lowest BCUT2D eigenvalue weighted by Crippen LogP contribution is -1.95. The molecule has 1 nitrogen and oxygen atoms in total. The van der Waals surface area contributed by atoms with Crippen LogP contribution in [0.1, 0.15) is 25.0 Å². The van der Waals surface area contributed by atoms with Crippen molar-refractivity contribution in [2.75, 3.05) is 7.11 Å². The quantitative estimate of drug-likeness (QED) is 0.579. The standard InChI is InChI=1S/C20H22O/c1-16(2)8-6-12-20-18(10-7-15-21-3)14-13-17-9-4-5-11-19(17)20/h4-5,7,9,11,13-16H,10,12H2,1-3H3/b15-7+. The molecule has 0 radical (unpaired) electrons. The van der Waals surface area contributed by atoms with Gasteiger partial charge in [0.05, 0.1) is 13.4 Å². The van der Waals surface area contributed by atoms with Crippen LogP contribution < -0.4 is 0 Å². The molecule has 1 heteroatoms. The maximum Gasteiger partial charge on any atom is 0.0788 e. The molecular formula is C20H22O. The highest BCUT2D eigenvalue weighted by molar-refractivity contribution is 5.87. The molecule has 0 aliphatic heterocycles. The van der Waals surface area contributed by atoms with Crippen LogP contribution in [0.25, 0.3) is 10.8 Å². The Morgan fingerprint density at radius 3 is 2.71 bits per heavy atom.